The fraction of sp³-hybridized carbons (Fsp3) is 0.154. The predicted octanol–water partition coefficient (Wildman–Crippen LogP) is 3.56. The summed E-state index contributed by atoms with van der Waals surface area (Å²) in [5, 5.41) is 8.07. The van der Waals surface area contributed by atoms with E-state index in [2.05, 4.69) is 15.4 Å². The number of aromatic amines is 1. The van der Waals surface area contributed by atoms with Crippen molar-refractivity contribution in [3.05, 3.63) is 46.6 Å². The van der Waals surface area contributed by atoms with Crippen LogP contribution in [0.15, 0.2) is 35.3 Å². The Morgan fingerprint density at radius 1 is 1.36 bits per heavy atom. The summed E-state index contributed by atoms with van der Waals surface area (Å²) in [5.74, 6) is -0.559. The predicted molar refractivity (Wildman–Crippen MR) is 75.3 cm³/mol. The number of amidine groups is 1. The van der Waals surface area contributed by atoms with Crippen molar-refractivity contribution >= 4 is 29.2 Å². The second kappa shape index (κ2) is 6.18. The van der Waals surface area contributed by atoms with Gasteiger partial charge in [-0.15, -0.1) is 0 Å². The van der Waals surface area contributed by atoms with Gasteiger partial charge in [-0.1, -0.05) is 17.7 Å². The molecule has 1 aromatic carbocycles. The van der Waals surface area contributed by atoms with Crippen molar-refractivity contribution in [3.63, 3.8) is 0 Å². The van der Waals surface area contributed by atoms with Crippen molar-refractivity contribution in [1.82, 2.24) is 15.5 Å². The highest BCUT2D eigenvalue weighted by Gasteiger charge is 2.33. The van der Waals surface area contributed by atoms with Crippen LogP contribution in [0.1, 0.15) is 23.0 Å². The quantitative estimate of drug-likeness (QED) is 0.653. The molecule has 0 fully saturated rings. The van der Waals surface area contributed by atoms with E-state index in [0.717, 1.165) is 6.07 Å². The molecule has 0 aliphatic rings. The van der Waals surface area contributed by atoms with Crippen LogP contribution in [0.2, 0.25) is 5.02 Å². The monoisotopic (exact) mass is 330 g/mol. The maximum atomic E-state index is 12.4. The molecule has 0 bridgehead atoms. The molecular formula is C13H10ClF3N4O. The zero-order valence-corrected chi connectivity index (χ0v) is 12.0. The number of benzene rings is 1. The minimum Gasteiger partial charge on any atom is -0.310 e. The van der Waals surface area contributed by atoms with Crippen molar-refractivity contribution in [2.24, 2.45) is 4.99 Å². The first-order chi connectivity index (χ1) is 10.3. The molecule has 2 aromatic rings. The highest BCUT2D eigenvalue weighted by Crippen LogP contribution is 2.29. The molecule has 0 saturated carbocycles. The number of hydrogen-bond acceptors (Lipinski definition) is 3. The van der Waals surface area contributed by atoms with Gasteiger partial charge in [0, 0.05) is 16.7 Å². The molecule has 0 saturated heterocycles. The topological polar surface area (TPSA) is 70.1 Å². The minimum absolute atomic E-state index is 0.102. The lowest BCUT2D eigenvalue weighted by atomic mass is 10.2. The molecule has 5 nitrogen and oxygen atoms in total. The maximum absolute atomic E-state index is 12.4. The first-order valence-electron chi connectivity index (χ1n) is 6.00. The van der Waals surface area contributed by atoms with Crippen molar-refractivity contribution in [2.75, 3.05) is 0 Å². The summed E-state index contributed by atoms with van der Waals surface area (Å²) in [4.78, 5) is 15.7. The molecule has 9 heteroatoms. The average Bonchev–Trinajstić information content (AvgIpc) is 2.87. The van der Waals surface area contributed by atoms with Gasteiger partial charge >= 0.3 is 6.18 Å². The van der Waals surface area contributed by atoms with Crippen LogP contribution in [-0.2, 0) is 6.18 Å². The smallest absolute Gasteiger partial charge is 0.310 e. The summed E-state index contributed by atoms with van der Waals surface area (Å²) in [7, 11) is 0. The first-order valence-corrected chi connectivity index (χ1v) is 6.38. The standard InChI is InChI=1S/C13H10ClF3N4O/c1-7(18-11-6-10(20-21-11)13(15,16)17)19-12(22)8-3-2-4-9(14)5-8/h2-6H,1H3,(H2,18,19,20,21,22). The third-order valence-corrected chi connectivity index (χ3v) is 2.77. The molecule has 0 aliphatic heterocycles. The Balaban J connectivity index is 2.10. The van der Waals surface area contributed by atoms with Gasteiger partial charge in [0.05, 0.1) is 0 Å². The number of nitrogens with zero attached hydrogens (tertiary/aromatic N) is 2. The van der Waals surface area contributed by atoms with E-state index in [9.17, 15) is 18.0 Å². The average molecular weight is 331 g/mol. The zero-order chi connectivity index (χ0) is 16.3. The van der Waals surface area contributed by atoms with Crippen molar-refractivity contribution in [3.8, 4) is 0 Å². The molecule has 116 valence electrons. The summed E-state index contributed by atoms with van der Waals surface area (Å²) in [5.41, 5.74) is -0.708. The van der Waals surface area contributed by atoms with Gasteiger partial charge in [0.2, 0.25) is 0 Å². The van der Waals surface area contributed by atoms with Crippen LogP contribution in [0.5, 0.6) is 0 Å². The van der Waals surface area contributed by atoms with Crippen LogP contribution in [0.4, 0.5) is 19.0 Å². The van der Waals surface area contributed by atoms with Crippen LogP contribution >= 0.6 is 11.6 Å². The van der Waals surface area contributed by atoms with E-state index in [1.54, 1.807) is 18.2 Å². The van der Waals surface area contributed by atoms with Crippen LogP contribution in [0, 0.1) is 0 Å². The Kier molecular flexibility index (Phi) is 4.51. The molecule has 1 heterocycles. The molecular weight excluding hydrogens is 321 g/mol. The fourth-order valence-electron chi connectivity index (χ4n) is 1.58. The molecule has 1 aromatic heterocycles. The largest absolute Gasteiger partial charge is 0.432 e. The van der Waals surface area contributed by atoms with Crippen molar-refractivity contribution in [1.29, 1.82) is 0 Å². The summed E-state index contributed by atoms with van der Waals surface area (Å²) in [6.07, 6.45) is -4.53. The Labute approximate surface area is 128 Å². The Morgan fingerprint density at radius 2 is 2.09 bits per heavy atom. The van der Waals surface area contributed by atoms with Gasteiger partial charge in [-0.3, -0.25) is 9.89 Å². The molecule has 0 aliphatic carbocycles. The number of aromatic nitrogens is 2. The lowest BCUT2D eigenvalue weighted by Crippen LogP contribution is -2.28. The van der Waals surface area contributed by atoms with Gasteiger partial charge in [0.25, 0.3) is 5.91 Å². The SMILES string of the molecule is CC(=Nc1cc(C(F)(F)F)[nH]n1)NC(=O)c1cccc(Cl)c1. The van der Waals surface area contributed by atoms with Crippen LogP contribution in [-0.4, -0.2) is 21.9 Å². The van der Waals surface area contributed by atoms with E-state index in [1.165, 1.54) is 13.0 Å². The van der Waals surface area contributed by atoms with Crippen LogP contribution < -0.4 is 5.32 Å². The lowest BCUT2D eigenvalue weighted by Gasteiger charge is -2.04. The molecule has 2 N–H and O–H groups in total. The number of halogens is 4. The van der Waals surface area contributed by atoms with Gasteiger partial charge in [-0.2, -0.15) is 18.3 Å². The minimum atomic E-state index is -4.53. The van der Waals surface area contributed by atoms with E-state index in [0.29, 0.717) is 10.6 Å². The van der Waals surface area contributed by atoms with Gasteiger partial charge in [-0.05, 0) is 25.1 Å². The highest BCUT2D eigenvalue weighted by molar-refractivity contribution is 6.31. The molecule has 22 heavy (non-hydrogen) atoms. The van der Waals surface area contributed by atoms with Crippen molar-refractivity contribution < 1.29 is 18.0 Å². The number of hydrogen-bond donors (Lipinski definition) is 2. The number of carbonyl (C=O) groups excluding carboxylic acids is 1. The molecule has 2 rings (SSSR count). The van der Waals surface area contributed by atoms with Gasteiger partial charge in [0.15, 0.2) is 5.82 Å². The second-order valence-electron chi connectivity index (χ2n) is 4.30. The second-order valence-corrected chi connectivity index (χ2v) is 4.74. The van der Waals surface area contributed by atoms with Gasteiger partial charge < -0.3 is 5.32 Å². The van der Waals surface area contributed by atoms with Crippen molar-refractivity contribution in [2.45, 2.75) is 13.1 Å². The Hall–Kier alpha value is -2.35. The highest BCUT2D eigenvalue weighted by atomic mass is 35.5. The zero-order valence-electron chi connectivity index (χ0n) is 11.2. The van der Waals surface area contributed by atoms with E-state index in [1.807, 2.05) is 5.10 Å². The number of alkyl halides is 3. The number of amides is 1. The normalized spacial score (nSPS) is 12.3. The molecule has 0 spiro atoms. The summed E-state index contributed by atoms with van der Waals surface area (Å²) in [6, 6.07) is 6.97. The Bertz CT molecular complexity index is 724. The Morgan fingerprint density at radius 3 is 2.68 bits per heavy atom. The fourth-order valence-corrected chi connectivity index (χ4v) is 1.77. The van der Waals surface area contributed by atoms with Gasteiger partial charge in [0.1, 0.15) is 11.5 Å². The third-order valence-electron chi connectivity index (χ3n) is 2.53. The summed E-state index contributed by atoms with van der Waals surface area (Å²) < 4.78 is 37.2. The molecule has 0 unspecified atom stereocenters. The van der Waals surface area contributed by atoms with E-state index in [4.69, 9.17) is 11.6 Å². The number of H-pyrrole nitrogens is 1. The molecule has 0 atom stereocenters. The van der Waals surface area contributed by atoms with Crippen LogP contribution in [0.25, 0.3) is 0 Å². The molecule has 1 amide bonds. The van der Waals surface area contributed by atoms with E-state index in [-0.39, 0.29) is 11.7 Å². The third kappa shape index (κ3) is 4.08. The summed E-state index contributed by atoms with van der Waals surface area (Å²) >= 11 is 5.77. The first kappa shape index (κ1) is 16.0. The molecule has 0 radical (unpaired) electrons. The number of aliphatic imine (C=N–C) groups is 1. The summed E-state index contributed by atoms with van der Waals surface area (Å²) in [6.45, 7) is 1.43. The number of rotatable bonds is 2. The van der Waals surface area contributed by atoms with E-state index >= 15 is 0 Å². The van der Waals surface area contributed by atoms with Gasteiger partial charge in [-0.25, -0.2) is 4.99 Å². The van der Waals surface area contributed by atoms with Crippen LogP contribution in [0.3, 0.4) is 0 Å². The lowest BCUT2D eigenvalue weighted by molar-refractivity contribution is -0.141. The number of carbonyl (C=O) groups is 1. The maximum Gasteiger partial charge on any atom is 0.432 e. The van der Waals surface area contributed by atoms with E-state index < -0.39 is 17.8 Å². The number of nitrogens with one attached hydrogen (secondary N) is 2.